The third-order valence-electron chi connectivity index (χ3n) is 2.99. The first-order valence-electron chi connectivity index (χ1n) is 5.70. The van der Waals surface area contributed by atoms with Gasteiger partial charge in [0.2, 0.25) is 0 Å². The summed E-state index contributed by atoms with van der Waals surface area (Å²) < 4.78 is 51.4. The highest BCUT2D eigenvalue weighted by atomic mass is 19.4. The molecule has 0 radical (unpaired) electrons. The second kappa shape index (κ2) is 4.76. The number of hydrogen-bond acceptors (Lipinski definition) is 2. The van der Waals surface area contributed by atoms with Gasteiger partial charge in [0.05, 0.1) is 12.1 Å². The van der Waals surface area contributed by atoms with E-state index in [9.17, 15) is 17.6 Å². The molecule has 18 heavy (non-hydrogen) atoms. The van der Waals surface area contributed by atoms with Gasteiger partial charge in [0.15, 0.2) is 0 Å². The van der Waals surface area contributed by atoms with Crippen molar-refractivity contribution >= 4 is 5.69 Å². The van der Waals surface area contributed by atoms with E-state index in [1.807, 2.05) is 0 Å². The molecular weight excluding hydrogens is 248 g/mol. The van der Waals surface area contributed by atoms with Crippen LogP contribution in [0.2, 0.25) is 0 Å². The van der Waals surface area contributed by atoms with Crippen molar-refractivity contribution in [2.45, 2.75) is 18.3 Å². The van der Waals surface area contributed by atoms with E-state index in [1.54, 1.807) is 0 Å². The van der Waals surface area contributed by atoms with Crippen LogP contribution in [0.1, 0.15) is 12.0 Å². The molecule has 1 aromatic rings. The molecule has 0 bridgehead atoms. The van der Waals surface area contributed by atoms with E-state index < -0.39 is 17.4 Å². The summed E-state index contributed by atoms with van der Waals surface area (Å²) >= 11 is 0. The summed E-state index contributed by atoms with van der Waals surface area (Å²) in [6.45, 7) is 0.848. The van der Waals surface area contributed by atoms with Crippen LogP contribution in [0.4, 0.5) is 23.2 Å². The quantitative estimate of drug-likeness (QED) is 0.818. The highest BCUT2D eigenvalue weighted by Gasteiger charge is 2.34. The maximum absolute atomic E-state index is 14.0. The van der Waals surface area contributed by atoms with Crippen LogP contribution in [0.25, 0.3) is 0 Å². The lowest BCUT2D eigenvalue weighted by atomic mass is 10.1. The molecule has 1 unspecified atom stereocenters. The van der Waals surface area contributed by atoms with Crippen molar-refractivity contribution in [1.29, 1.82) is 0 Å². The van der Waals surface area contributed by atoms with Crippen molar-refractivity contribution in [3.63, 3.8) is 0 Å². The third-order valence-corrected chi connectivity index (χ3v) is 2.99. The van der Waals surface area contributed by atoms with Crippen molar-refractivity contribution in [2.75, 3.05) is 25.0 Å². The topological polar surface area (TPSA) is 24.1 Å². The molecule has 0 aromatic heterocycles. The first-order chi connectivity index (χ1) is 8.39. The number of benzene rings is 1. The van der Waals surface area contributed by atoms with Crippen LogP contribution in [0.5, 0.6) is 0 Å². The molecule has 0 saturated carbocycles. The Bertz CT molecular complexity index is 411. The fourth-order valence-corrected chi connectivity index (χ4v) is 1.93. The number of nitrogens with one attached hydrogen (secondary N) is 2. The monoisotopic (exact) mass is 262 g/mol. The summed E-state index contributed by atoms with van der Waals surface area (Å²) in [7, 11) is 0. The minimum atomic E-state index is -4.37. The Kier molecular flexibility index (Phi) is 3.47. The van der Waals surface area contributed by atoms with Gasteiger partial charge in [0.25, 0.3) is 0 Å². The Balaban J connectivity index is 2.01. The lowest BCUT2D eigenvalue weighted by Crippen LogP contribution is -2.34. The van der Waals surface area contributed by atoms with Gasteiger partial charge >= 0.3 is 6.18 Å². The van der Waals surface area contributed by atoms with E-state index in [1.165, 1.54) is 12.1 Å². The second-order valence-electron chi connectivity index (χ2n) is 4.51. The van der Waals surface area contributed by atoms with Crippen LogP contribution in [0, 0.1) is 0 Å². The van der Waals surface area contributed by atoms with E-state index in [2.05, 4.69) is 10.6 Å². The molecule has 1 atom stereocenters. The zero-order chi connectivity index (χ0) is 13.2. The number of halogens is 4. The number of rotatable bonds is 3. The third kappa shape index (κ3) is 3.13. The summed E-state index contributed by atoms with van der Waals surface area (Å²) in [5, 5.41) is 5.61. The standard InChI is InChI=1S/C12H14F4N2/c13-11(4-5-17-7-11)8-18-10-3-1-2-9(6-10)12(14,15)16/h1-3,6,17-18H,4-5,7-8H2. The summed E-state index contributed by atoms with van der Waals surface area (Å²) in [6.07, 6.45) is -4.00. The predicted molar refractivity (Wildman–Crippen MR) is 61.3 cm³/mol. The first-order valence-corrected chi connectivity index (χ1v) is 5.70. The highest BCUT2D eigenvalue weighted by Crippen LogP contribution is 2.31. The van der Waals surface area contributed by atoms with Crippen LogP contribution in [-0.2, 0) is 6.18 Å². The molecule has 1 aliphatic heterocycles. The largest absolute Gasteiger partial charge is 0.416 e. The number of alkyl halides is 4. The molecule has 1 fully saturated rings. The van der Waals surface area contributed by atoms with Gasteiger partial charge in [0, 0.05) is 12.2 Å². The summed E-state index contributed by atoms with van der Waals surface area (Å²) in [4.78, 5) is 0. The number of anilines is 1. The maximum Gasteiger partial charge on any atom is 0.416 e. The van der Waals surface area contributed by atoms with E-state index >= 15 is 0 Å². The second-order valence-corrected chi connectivity index (χ2v) is 4.51. The van der Waals surface area contributed by atoms with Gasteiger partial charge in [-0.05, 0) is 31.2 Å². The van der Waals surface area contributed by atoms with Crippen molar-refractivity contribution in [2.24, 2.45) is 0 Å². The minimum Gasteiger partial charge on any atom is -0.382 e. The smallest absolute Gasteiger partial charge is 0.382 e. The van der Waals surface area contributed by atoms with Gasteiger partial charge in [-0.1, -0.05) is 6.07 Å². The lowest BCUT2D eigenvalue weighted by Gasteiger charge is -2.19. The van der Waals surface area contributed by atoms with Gasteiger partial charge in [-0.2, -0.15) is 13.2 Å². The molecule has 2 nitrogen and oxygen atoms in total. The first kappa shape index (κ1) is 13.1. The molecule has 1 saturated heterocycles. The molecule has 100 valence electrons. The van der Waals surface area contributed by atoms with Crippen LogP contribution in [-0.4, -0.2) is 25.3 Å². The Hall–Kier alpha value is -1.30. The number of hydrogen-bond donors (Lipinski definition) is 2. The Morgan fingerprint density at radius 3 is 2.72 bits per heavy atom. The Morgan fingerprint density at radius 1 is 1.33 bits per heavy atom. The van der Waals surface area contributed by atoms with E-state index in [4.69, 9.17) is 0 Å². The molecule has 0 spiro atoms. The van der Waals surface area contributed by atoms with Crippen LogP contribution in [0.15, 0.2) is 24.3 Å². The van der Waals surface area contributed by atoms with E-state index in [0.717, 1.165) is 12.1 Å². The van der Waals surface area contributed by atoms with Gasteiger partial charge < -0.3 is 10.6 Å². The van der Waals surface area contributed by atoms with Crippen molar-refractivity contribution in [1.82, 2.24) is 5.32 Å². The molecule has 6 heteroatoms. The van der Waals surface area contributed by atoms with Crippen LogP contribution in [0.3, 0.4) is 0 Å². The zero-order valence-corrected chi connectivity index (χ0v) is 9.65. The fourth-order valence-electron chi connectivity index (χ4n) is 1.93. The van der Waals surface area contributed by atoms with Crippen molar-refractivity contribution in [3.05, 3.63) is 29.8 Å². The zero-order valence-electron chi connectivity index (χ0n) is 9.65. The molecular formula is C12H14F4N2. The predicted octanol–water partition coefficient (Wildman–Crippen LogP) is 2.82. The average Bonchev–Trinajstić information content (AvgIpc) is 2.74. The fraction of sp³-hybridized carbons (Fsp3) is 0.500. The summed E-state index contributed by atoms with van der Waals surface area (Å²) in [5.41, 5.74) is -1.83. The Morgan fingerprint density at radius 2 is 2.11 bits per heavy atom. The SMILES string of the molecule is FC1(CNc2cccc(C(F)(F)F)c2)CCNC1. The molecule has 0 amide bonds. The van der Waals surface area contributed by atoms with E-state index in [-0.39, 0.29) is 18.8 Å². The molecule has 0 aliphatic carbocycles. The Labute approximate surface area is 102 Å². The normalized spacial score (nSPS) is 24.2. The maximum atomic E-state index is 14.0. The van der Waals surface area contributed by atoms with Gasteiger partial charge in [-0.3, -0.25) is 0 Å². The molecule has 1 aliphatic rings. The lowest BCUT2D eigenvalue weighted by molar-refractivity contribution is -0.137. The molecule has 1 aromatic carbocycles. The summed E-state index contributed by atoms with van der Waals surface area (Å²) in [5.74, 6) is 0. The summed E-state index contributed by atoms with van der Waals surface area (Å²) in [6, 6.07) is 4.79. The van der Waals surface area contributed by atoms with Crippen LogP contribution >= 0.6 is 0 Å². The van der Waals surface area contributed by atoms with Gasteiger partial charge in [-0.15, -0.1) is 0 Å². The van der Waals surface area contributed by atoms with Gasteiger partial charge in [0.1, 0.15) is 5.67 Å². The average molecular weight is 262 g/mol. The van der Waals surface area contributed by atoms with Crippen molar-refractivity contribution < 1.29 is 17.6 Å². The highest BCUT2D eigenvalue weighted by molar-refractivity contribution is 5.46. The molecule has 2 N–H and O–H groups in total. The van der Waals surface area contributed by atoms with Crippen LogP contribution < -0.4 is 10.6 Å². The van der Waals surface area contributed by atoms with E-state index in [0.29, 0.717) is 13.0 Å². The van der Waals surface area contributed by atoms with Gasteiger partial charge in [-0.25, -0.2) is 4.39 Å². The molecule has 1 heterocycles. The molecule has 2 rings (SSSR count). The minimum absolute atomic E-state index is 0.0152. The van der Waals surface area contributed by atoms with Crippen molar-refractivity contribution in [3.8, 4) is 0 Å².